The van der Waals surface area contributed by atoms with Gasteiger partial charge >= 0.3 is 5.97 Å². The molecular weight excluding hydrogens is 426 g/mol. The van der Waals surface area contributed by atoms with Gasteiger partial charge in [-0.2, -0.15) is 0 Å². The maximum atomic E-state index is 13.6. The highest BCUT2D eigenvalue weighted by molar-refractivity contribution is 6.23. The van der Waals surface area contributed by atoms with E-state index in [2.05, 4.69) is 0 Å². The number of fused-ring (bicyclic) bond motifs is 1. The van der Waals surface area contributed by atoms with Crippen LogP contribution in [0.4, 0.5) is 0 Å². The summed E-state index contributed by atoms with van der Waals surface area (Å²) in [6.07, 6.45) is 0. The molecule has 0 aromatic heterocycles. The van der Waals surface area contributed by atoms with Crippen molar-refractivity contribution in [3.8, 4) is 11.5 Å². The molecule has 2 aliphatic rings. The van der Waals surface area contributed by atoms with Gasteiger partial charge in [0.1, 0.15) is 11.3 Å². The summed E-state index contributed by atoms with van der Waals surface area (Å²) in [6, 6.07) is 8.80. The molecule has 2 aromatic rings. The fourth-order valence-corrected chi connectivity index (χ4v) is 4.32. The molecule has 0 radical (unpaired) electrons. The monoisotopic (exact) mass is 453 g/mol. The Kier molecular flexibility index (Phi) is 5.90. The van der Waals surface area contributed by atoms with E-state index in [-0.39, 0.29) is 24.9 Å². The average molecular weight is 453 g/mol. The first-order chi connectivity index (χ1) is 15.6. The van der Waals surface area contributed by atoms with Crippen molar-refractivity contribution in [3.63, 3.8) is 0 Å². The maximum absolute atomic E-state index is 13.6. The van der Waals surface area contributed by atoms with Crippen molar-refractivity contribution < 1.29 is 33.4 Å². The van der Waals surface area contributed by atoms with Crippen LogP contribution in [0.5, 0.6) is 11.5 Å². The number of esters is 1. The fourth-order valence-electron chi connectivity index (χ4n) is 4.32. The molecular formula is C25H27NO7. The molecule has 0 saturated heterocycles. The topological polar surface area (TPSA) is 83.5 Å². The average Bonchev–Trinajstić information content (AvgIpc) is 3.28. The smallest absolute Gasteiger partial charge is 0.343 e. The predicted molar refractivity (Wildman–Crippen MR) is 119 cm³/mol. The molecule has 1 amide bonds. The molecule has 8 nitrogen and oxygen atoms in total. The molecule has 0 atom stereocenters. The summed E-state index contributed by atoms with van der Waals surface area (Å²) >= 11 is 0. The molecule has 0 bridgehead atoms. The van der Waals surface area contributed by atoms with E-state index in [1.165, 1.54) is 12.2 Å². The van der Waals surface area contributed by atoms with E-state index < -0.39 is 17.4 Å². The zero-order chi connectivity index (χ0) is 23.9. The van der Waals surface area contributed by atoms with Crippen molar-refractivity contribution in [1.29, 1.82) is 0 Å². The van der Waals surface area contributed by atoms with Crippen LogP contribution in [0.2, 0.25) is 0 Å². The van der Waals surface area contributed by atoms with E-state index in [0.29, 0.717) is 17.1 Å². The summed E-state index contributed by atoms with van der Waals surface area (Å²) in [4.78, 5) is 32.3. The molecule has 0 spiro atoms. The summed E-state index contributed by atoms with van der Waals surface area (Å²) in [6.45, 7) is 9.34. The Hall–Kier alpha value is -3.36. The van der Waals surface area contributed by atoms with Crippen molar-refractivity contribution in [3.05, 3.63) is 63.9 Å². The molecule has 2 aromatic carbocycles. The minimum absolute atomic E-state index is 0.0996. The number of nitrogens with zero attached hydrogens (tertiary/aromatic N) is 1. The summed E-state index contributed by atoms with van der Waals surface area (Å²) in [5, 5.41) is 1.20. The van der Waals surface area contributed by atoms with Crippen molar-refractivity contribution >= 4 is 17.4 Å². The number of benzene rings is 2. The van der Waals surface area contributed by atoms with Gasteiger partial charge in [-0.3, -0.25) is 4.79 Å². The summed E-state index contributed by atoms with van der Waals surface area (Å²) < 4.78 is 21.6. The SMILES string of the molecule is COCON1C(=O)C(c2c(C)cc(C)cc2C)=C(OC(=O)c2ccc3c(c2)OCO3)C1(C)C. The third-order valence-electron chi connectivity index (χ3n) is 5.72. The van der Waals surface area contributed by atoms with Gasteiger partial charge in [0.25, 0.3) is 5.91 Å². The van der Waals surface area contributed by atoms with Gasteiger partial charge in [0.2, 0.25) is 6.79 Å². The van der Waals surface area contributed by atoms with E-state index in [0.717, 1.165) is 22.3 Å². The quantitative estimate of drug-likeness (QED) is 0.482. The third-order valence-corrected chi connectivity index (χ3v) is 5.72. The standard InChI is InChI=1S/C25H27NO7/c1-14-9-15(2)20(16(3)10-14)21-22(25(4,5)26(23(21)27)32-12-29-6)33-24(28)17-7-8-18-19(11-17)31-13-30-18/h7-11H,12-13H2,1-6H3. The number of carbonyl (C=O) groups is 2. The first-order valence-corrected chi connectivity index (χ1v) is 10.6. The van der Waals surface area contributed by atoms with Crippen LogP contribution in [0.15, 0.2) is 36.1 Å². The lowest BCUT2D eigenvalue weighted by Crippen LogP contribution is -2.44. The molecule has 2 aliphatic heterocycles. The fraction of sp³-hybridized carbons (Fsp3) is 0.360. The van der Waals surface area contributed by atoms with Crippen molar-refractivity contribution in [2.75, 3.05) is 20.7 Å². The van der Waals surface area contributed by atoms with Crippen LogP contribution in [-0.4, -0.2) is 43.2 Å². The highest BCUT2D eigenvalue weighted by Crippen LogP contribution is 2.43. The first kappa shape index (κ1) is 22.8. The number of aryl methyl sites for hydroxylation is 3. The molecule has 0 fully saturated rings. The van der Waals surface area contributed by atoms with Crippen molar-refractivity contribution in [2.45, 2.75) is 40.2 Å². The minimum Gasteiger partial charge on any atom is -0.454 e. The largest absolute Gasteiger partial charge is 0.454 e. The molecule has 0 saturated carbocycles. The summed E-state index contributed by atoms with van der Waals surface area (Å²) in [5.41, 5.74) is 3.10. The van der Waals surface area contributed by atoms with E-state index in [1.54, 1.807) is 32.0 Å². The maximum Gasteiger partial charge on any atom is 0.343 e. The van der Waals surface area contributed by atoms with Crippen LogP contribution >= 0.6 is 0 Å². The zero-order valence-corrected chi connectivity index (χ0v) is 19.6. The van der Waals surface area contributed by atoms with Gasteiger partial charge in [-0.15, -0.1) is 0 Å². The lowest BCUT2D eigenvalue weighted by Gasteiger charge is -2.31. The van der Waals surface area contributed by atoms with Crippen LogP contribution in [-0.2, 0) is 19.1 Å². The summed E-state index contributed by atoms with van der Waals surface area (Å²) in [5.74, 6) is 0.225. The Morgan fingerprint density at radius 2 is 1.73 bits per heavy atom. The van der Waals surface area contributed by atoms with Gasteiger partial charge in [-0.1, -0.05) is 17.7 Å². The Morgan fingerprint density at radius 3 is 2.39 bits per heavy atom. The van der Waals surface area contributed by atoms with Gasteiger partial charge in [-0.05, 0) is 69.5 Å². The second-order valence-corrected chi connectivity index (χ2v) is 8.63. The van der Waals surface area contributed by atoms with Gasteiger partial charge in [0, 0.05) is 7.11 Å². The molecule has 0 aliphatic carbocycles. The number of hydrogen-bond acceptors (Lipinski definition) is 7. The number of rotatable bonds is 6. The van der Waals surface area contributed by atoms with Crippen LogP contribution in [0, 0.1) is 20.8 Å². The van der Waals surface area contributed by atoms with E-state index in [4.69, 9.17) is 23.8 Å². The van der Waals surface area contributed by atoms with E-state index in [9.17, 15) is 9.59 Å². The van der Waals surface area contributed by atoms with Gasteiger partial charge in [0.05, 0.1) is 11.1 Å². The van der Waals surface area contributed by atoms with Crippen LogP contribution in [0.3, 0.4) is 0 Å². The van der Waals surface area contributed by atoms with Gasteiger partial charge in [0.15, 0.2) is 18.3 Å². The molecule has 2 heterocycles. The molecule has 8 heteroatoms. The number of amides is 1. The highest BCUT2D eigenvalue weighted by Gasteiger charge is 2.50. The van der Waals surface area contributed by atoms with Crippen molar-refractivity contribution in [2.24, 2.45) is 0 Å². The molecule has 4 rings (SSSR count). The first-order valence-electron chi connectivity index (χ1n) is 10.6. The van der Waals surface area contributed by atoms with Crippen LogP contribution < -0.4 is 9.47 Å². The Balaban J connectivity index is 1.81. The number of carbonyl (C=O) groups excluding carboxylic acids is 2. The van der Waals surface area contributed by atoms with Gasteiger partial charge < -0.3 is 18.9 Å². The minimum atomic E-state index is -1.07. The number of hydroxylamine groups is 2. The van der Waals surface area contributed by atoms with Crippen molar-refractivity contribution in [1.82, 2.24) is 5.06 Å². The normalized spacial score (nSPS) is 16.5. The van der Waals surface area contributed by atoms with E-state index >= 15 is 0 Å². The number of hydrogen-bond donors (Lipinski definition) is 0. The predicted octanol–water partition coefficient (Wildman–Crippen LogP) is 4.06. The van der Waals surface area contributed by atoms with Crippen LogP contribution in [0.25, 0.3) is 5.57 Å². The molecule has 33 heavy (non-hydrogen) atoms. The Morgan fingerprint density at radius 1 is 1.06 bits per heavy atom. The molecule has 0 unspecified atom stereocenters. The lowest BCUT2D eigenvalue weighted by atomic mass is 9.91. The molecule has 0 N–H and O–H groups in total. The van der Waals surface area contributed by atoms with Gasteiger partial charge in [-0.25, -0.2) is 14.7 Å². The third kappa shape index (κ3) is 3.96. The highest BCUT2D eigenvalue weighted by atomic mass is 16.8. The lowest BCUT2D eigenvalue weighted by molar-refractivity contribution is -0.238. The van der Waals surface area contributed by atoms with Crippen LogP contribution in [0.1, 0.15) is 46.5 Å². The summed E-state index contributed by atoms with van der Waals surface area (Å²) in [7, 11) is 1.47. The zero-order valence-electron chi connectivity index (χ0n) is 19.6. The van der Waals surface area contributed by atoms with E-state index in [1.807, 2.05) is 32.9 Å². The Bertz CT molecular complexity index is 1140. The molecule has 174 valence electrons. The second-order valence-electron chi connectivity index (χ2n) is 8.63. The number of ether oxygens (including phenoxy) is 4. The Labute approximate surface area is 192 Å². The number of methoxy groups -OCH3 is 1. The second kappa shape index (κ2) is 8.53.